The molecule has 0 spiro atoms. The van der Waals surface area contributed by atoms with E-state index in [1.54, 1.807) is 0 Å². The van der Waals surface area contributed by atoms with Crippen LogP contribution in [0.5, 0.6) is 0 Å². The number of ether oxygens (including phenoxy) is 1. The molecule has 4 nitrogen and oxygen atoms in total. The maximum Gasteiger partial charge on any atom is 0.225 e. The smallest absolute Gasteiger partial charge is 0.225 e. The highest BCUT2D eigenvalue weighted by atomic mass is 16.5. The topological polar surface area (TPSA) is 41.6 Å². The fraction of sp³-hybridized carbons (Fsp3) is 0.938. The summed E-state index contributed by atoms with van der Waals surface area (Å²) in [5.41, 5.74) is 0. The lowest BCUT2D eigenvalue weighted by atomic mass is 9.98. The summed E-state index contributed by atoms with van der Waals surface area (Å²) >= 11 is 0. The molecule has 0 aromatic heterocycles. The molecule has 2 unspecified atom stereocenters. The highest BCUT2D eigenvalue weighted by molar-refractivity contribution is 5.76. The van der Waals surface area contributed by atoms with Crippen molar-refractivity contribution in [3.63, 3.8) is 0 Å². The molecule has 0 aromatic carbocycles. The van der Waals surface area contributed by atoms with Crippen molar-refractivity contribution in [1.82, 2.24) is 10.2 Å². The third kappa shape index (κ3) is 5.06. The third-order valence-corrected chi connectivity index (χ3v) is 4.40. The predicted molar refractivity (Wildman–Crippen MR) is 80.7 cm³/mol. The lowest BCUT2D eigenvalue weighted by Gasteiger charge is -2.31. The highest BCUT2D eigenvalue weighted by Gasteiger charge is 2.24. The van der Waals surface area contributed by atoms with Crippen LogP contribution in [-0.2, 0) is 9.53 Å². The van der Waals surface area contributed by atoms with E-state index < -0.39 is 0 Å². The van der Waals surface area contributed by atoms with Crippen LogP contribution in [0.15, 0.2) is 0 Å². The van der Waals surface area contributed by atoms with Crippen LogP contribution in [0.1, 0.15) is 51.9 Å². The molecule has 2 aliphatic heterocycles. The first-order chi connectivity index (χ1) is 9.79. The lowest BCUT2D eigenvalue weighted by Crippen LogP contribution is -2.42. The van der Waals surface area contributed by atoms with Crippen molar-refractivity contribution in [1.29, 1.82) is 0 Å². The molecule has 2 saturated heterocycles. The van der Waals surface area contributed by atoms with Gasteiger partial charge in [0, 0.05) is 19.7 Å². The SMILES string of the molecule is CCCN(CC1CCCNC1)C(=O)CC1CCCCO1. The number of carbonyl (C=O) groups is 1. The van der Waals surface area contributed by atoms with Gasteiger partial charge >= 0.3 is 0 Å². The molecular weight excluding hydrogens is 252 g/mol. The first kappa shape index (κ1) is 15.8. The minimum Gasteiger partial charge on any atom is -0.378 e. The van der Waals surface area contributed by atoms with Gasteiger partial charge in [0.2, 0.25) is 5.91 Å². The van der Waals surface area contributed by atoms with Gasteiger partial charge in [0.15, 0.2) is 0 Å². The Morgan fingerprint density at radius 2 is 2.20 bits per heavy atom. The monoisotopic (exact) mass is 282 g/mol. The molecule has 4 heteroatoms. The second-order valence-corrected chi connectivity index (χ2v) is 6.24. The highest BCUT2D eigenvalue weighted by Crippen LogP contribution is 2.18. The number of nitrogens with one attached hydrogen (secondary N) is 1. The van der Waals surface area contributed by atoms with Gasteiger partial charge in [-0.25, -0.2) is 0 Å². The van der Waals surface area contributed by atoms with Crippen LogP contribution in [0.3, 0.4) is 0 Å². The van der Waals surface area contributed by atoms with Gasteiger partial charge in [-0.05, 0) is 57.5 Å². The van der Waals surface area contributed by atoms with Gasteiger partial charge in [0.1, 0.15) is 0 Å². The Morgan fingerprint density at radius 1 is 1.30 bits per heavy atom. The minimum absolute atomic E-state index is 0.167. The zero-order valence-electron chi connectivity index (χ0n) is 12.9. The predicted octanol–water partition coefficient (Wildman–Crippen LogP) is 2.18. The van der Waals surface area contributed by atoms with Crippen molar-refractivity contribution in [2.24, 2.45) is 5.92 Å². The fourth-order valence-corrected chi connectivity index (χ4v) is 3.27. The van der Waals surface area contributed by atoms with Crippen molar-refractivity contribution < 1.29 is 9.53 Å². The molecule has 20 heavy (non-hydrogen) atoms. The average Bonchev–Trinajstić information content (AvgIpc) is 2.49. The normalized spacial score (nSPS) is 27.2. The Morgan fingerprint density at radius 3 is 2.85 bits per heavy atom. The summed E-state index contributed by atoms with van der Waals surface area (Å²) in [6.07, 6.45) is 7.69. The third-order valence-electron chi connectivity index (χ3n) is 4.40. The van der Waals surface area contributed by atoms with Crippen molar-refractivity contribution in [3.05, 3.63) is 0 Å². The van der Waals surface area contributed by atoms with Crippen LogP contribution in [0, 0.1) is 5.92 Å². The first-order valence-corrected chi connectivity index (χ1v) is 8.39. The van der Waals surface area contributed by atoms with Gasteiger partial charge in [0.05, 0.1) is 12.5 Å². The van der Waals surface area contributed by atoms with Gasteiger partial charge in [-0.2, -0.15) is 0 Å². The first-order valence-electron chi connectivity index (χ1n) is 8.39. The van der Waals surface area contributed by atoms with E-state index in [0.29, 0.717) is 18.2 Å². The molecule has 2 rings (SSSR count). The number of hydrogen-bond acceptors (Lipinski definition) is 3. The van der Waals surface area contributed by atoms with Crippen molar-refractivity contribution >= 4 is 5.91 Å². The standard InChI is InChI=1S/C16H30N2O2/c1-2-9-18(13-14-6-5-8-17-12-14)16(19)11-15-7-3-4-10-20-15/h14-15,17H,2-13H2,1H3. The molecular formula is C16H30N2O2. The van der Waals surface area contributed by atoms with Crippen molar-refractivity contribution in [2.45, 2.75) is 58.0 Å². The van der Waals surface area contributed by atoms with E-state index in [1.807, 2.05) is 0 Å². The number of carbonyl (C=O) groups excluding carboxylic acids is 1. The number of hydrogen-bond donors (Lipinski definition) is 1. The van der Waals surface area contributed by atoms with Gasteiger partial charge in [-0.3, -0.25) is 4.79 Å². The van der Waals surface area contributed by atoms with Crippen LogP contribution >= 0.6 is 0 Å². The van der Waals surface area contributed by atoms with Crippen LogP contribution in [0.25, 0.3) is 0 Å². The van der Waals surface area contributed by atoms with Crippen molar-refractivity contribution in [3.8, 4) is 0 Å². The maximum absolute atomic E-state index is 12.5. The molecule has 0 saturated carbocycles. The number of nitrogens with zero attached hydrogens (tertiary/aromatic N) is 1. The summed E-state index contributed by atoms with van der Waals surface area (Å²) in [6.45, 7) is 6.99. The summed E-state index contributed by atoms with van der Waals surface area (Å²) in [5.74, 6) is 0.927. The number of piperidine rings is 1. The Balaban J connectivity index is 1.80. The Bertz CT molecular complexity index is 284. The van der Waals surface area contributed by atoms with Crippen LogP contribution in [-0.4, -0.2) is 49.7 Å². The van der Waals surface area contributed by atoms with E-state index in [2.05, 4.69) is 17.1 Å². The summed E-state index contributed by atoms with van der Waals surface area (Å²) < 4.78 is 5.71. The summed E-state index contributed by atoms with van der Waals surface area (Å²) in [4.78, 5) is 14.6. The van der Waals surface area contributed by atoms with Gasteiger partial charge < -0.3 is 15.0 Å². The second-order valence-electron chi connectivity index (χ2n) is 6.24. The summed E-state index contributed by atoms with van der Waals surface area (Å²) in [7, 11) is 0. The molecule has 0 aliphatic carbocycles. The molecule has 1 N–H and O–H groups in total. The molecule has 2 atom stereocenters. The number of amides is 1. The van der Waals surface area contributed by atoms with Gasteiger partial charge in [-0.15, -0.1) is 0 Å². The zero-order chi connectivity index (χ0) is 14.2. The second kappa shape index (κ2) is 8.63. The Hall–Kier alpha value is -0.610. The summed E-state index contributed by atoms with van der Waals surface area (Å²) in [6, 6.07) is 0. The van der Waals surface area contributed by atoms with Crippen LogP contribution in [0.2, 0.25) is 0 Å². The largest absolute Gasteiger partial charge is 0.378 e. The van der Waals surface area contributed by atoms with E-state index in [9.17, 15) is 4.79 Å². The Labute approximate surface area is 123 Å². The molecule has 0 aromatic rings. The lowest BCUT2D eigenvalue weighted by molar-refractivity contribution is -0.135. The van der Waals surface area contributed by atoms with Gasteiger partial charge in [-0.1, -0.05) is 6.92 Å². The van der Waals surface area contributed by atoms with E-state index in [-0.39, 0.29) is 6.10 Å². The van der Waals surface area contributed by atoms with E-state index in [1.165, 1.54) is 19.3 Å². The summed E-state index contributed by atoms with van der Waals surface area (Å²) in [5, 5.41) is 3.44. The molecule has 2 fully saturated rings. The Kier molecular flexibility index (Phi) is 6.80. The van der Waals surface area contributed by atoms with Crippen LogP contribution < -0.4 is 5.32 Å². The van der Waals surface area contributed by atoms with E-state index in [0.717, 1.165) is 52.0 Å². The minimum atomic E-state index is 0.167. The molecule has 116 valence electrons. The number of rotatable bonds is 6. The zero-order valence-corrected chi connectivity index (χ0v) is 12.9. The quantitative estimate of drug-likeness (QED) is 0.812. The van der Waals surface area contributed by atoms with E-state index in [4.69, 9.17) is 4.74 Å². The fourth-order valence-electron chi connectivity index (χ4n) is 3.27. The van der Waals surface area contributed by atoms with E-state index >= 15 is 0 Å². The molecule has 1 amide bonds. The van der Waals surface area contributed by atoms with Gasteiger partial charge in [0.25, 0.3) is 0 Å². The average molecular weight is 282 g/mol. The van der Waals surface area contributed by atoms with Crippen LogP contribution in [0.4, 0.5) is 0 Å². The molecule has 2 aliphatic rings. The maximum atomic E-state index is 12.5. The van der Waals surface area contributed by atoms with Crippen molar-refractivity contribution in [2.75, 3.05) is 32.8 Å². The molecule has 2 heterocycles. The molecule has 0 bridgehead atoms. The molecule has 0 radical (unpaired) electrons.